The van der Waals surface area contributed by atoms with Gasteiger partial charge >= 0.3 is 0 Å². The van der Waals surface area contributed by atoms with Gasteiger partial charge in [-0.05, 0) is 37.8 Å². The molecule has 0 aromatic carbocycles. The number of hydrogen-bond acceptors (Lipinski definition) is 3. The average Bonchev–Trinajstić information content (AvgIpc) is 3.17. The van der Waals surface area contributed by atoms with E-state index in [1.165, 1.54) is 25.1 Å². The SMILES string of the molecule is CC1CNC(C2CC2)CN1Cc1ccccn1. The Hall–Kier alpha value is -0.930. The second kappa shape index (κ2) is 4.75. The molecule has 2 unspecified atom stereocenters. The van der Waals surface area contributed by atoms with Crippen LogP contribution in [-0.2, 0) is 6.54 Å². The van der Waals surface area contributed by atoms with E-state index in [2.05, 4.69) is 34.3 Å². The maximum Gasteiger partial charge on any atom is 0.0544 e. The summed E-state index contributed by atoms with van der Waals surface area (Å²) < 4.78 is 0. The van der Waals surface area contributed by atoms with Gasteiger partial charge in [-0.3, -0.25) is 9.88 Å². The first-order valence-corrected chi connectivity index (χ1v) is 6.70. The summed E-state index contributed by atoms with van der Waals surface area (Å²) in [5.41, 5.74) is 1.19. The van der Waals surface area contributed by atoms with Gasteiger partial charge in [0.1, 0.15) is 0 Å². The smallest absolute Gasteiger partial charge is 0.0544 e. The van der Waals surface area contributed by atoms with E-state index in [1.54, 1.807) is 0 Å². The highest BCUT2D eigenvalue weighted by atomic mass is 15.2. The van der Waals surface area contributed by atoms with Crippen molar-refractivity contribution in [2.75, 3.05) is 13.1 Å². The van der Waals surface area contributed by atoms with Gasteiger partial charge in [0.05, 0.1) is 5.69 Å². The fraction of sp³-hybridized carbons (Fsp3) is 0.643. The molecule has 92 valence electrons. The summed E-state index contributed by atoms with van der Waals surface area (Å²) in [6, 6.07) is 7.52. The Morgan fingerprint density at radius 3 is 3.00 bits per heavy atom. The maximum atomic E-state index is 4.43. The van der Waals surface area contributed by atoms with E-state index in [4.69, 9.17) is 0 Å². The fourth-order valence-corrected chi connectivity index (χ4v) is 2.68. The number of aromatic nitrogens is 1. The van der Waals surface area contributed by atoms with Crippen molar-refractivity contribution in [3.05, 3.63) is 30.1 Å². The van der Waals surface area contributed by atoms with Crippen LogP contribution in [0, 0.1) is 5.92 Å². The summed E-state index contributed by atoms with van der Waals surface area (Å²) in [5.74, 6) is 0.939. The van der Waals surface area contributed by atoms with E-state index in [0.29, 0.717) is 6.04 Å². The molecular weight excluding hydrogens is 210 g/mol. The summed E-state index contributed by atoms with van der Waals surface area (Å²) in [6.07, 6.45) is 4.73. The van der Waals surface area contributed by atoms with Crippen molar-refractivity contribution in [3.8, 4) is 0 Å². The molecule has 0 spiro atoms. The van der Waals surface area contributed by atoms with Crippen molar-refractivity contribution >= 4 is 0 Å². The summed E-state index contributed by atoms with van der Waals surface area (Å²) >= 11 is 0. The minimum Gasteiger partial charge on any atom is -0.311 e. The van der Waals surface area contributed by atoms with Crippen molar-refractivity contribution in [1.82, 2.24) is 15.2 Å². The zero-order chi connectivity index (χ0) is 11.7. The number of hydrogen-bond donors (Lipinski definition) is 1. The predicted molar refractivity (Wildman–Crippen MR) is 68.6 cm³/mol. The summed E-state index contributed by atoms with van der Waals surface area (Å²) in [5, 5.41) is 3.68. The Labute approximate surface area is 103 Å². The molecule has 0 amide bonds. The summed E-state index contributed by atoms with van der Waals surface area (Å²) in [4.78, 5) is 7.00. The topological polar surface area (TPSA) is 28.2 Å². The Morgan fingerprint density at radius 2 is 2.29 bits per heavy atom. The van der Waals surface area contributed by atoms with E-state index in [1.807, 2.05) is 12.3 Å². The van der Waals surface area contributed by atoms with Crippen molar-refractivity contribution in [1.29, 1.82) is 0 Å². The summed E-state index contributed by atoms with van der Waals surface area (Å²) in [7, 11) is 0. The molecule has 1 aromatic heterocycles. The van der Waals surface area contributed by atoms with Crippen molar-refractivity contribution in [2.24, 2.45) is 5.92 Å². The molecule has 1 saturated heterocycles. The van der Waals surface area contributed by atoms with E-state index in [-0.39, 0.29) is 0 Å². The molecule has 1 aromatic rings. The highest BCUT2D eigenvalue weighted by molar-refractivity contribution is 5.04. The molecule has 0 bridgehead atoms. The molecule has 1 saturated carbocycles. The Morgan fingerprint density at radius 1 is 1.41 bits per heavy atom. The van der Waals surface area contributed by atoms with E-state index in [0.717, 1.165) is 25.0 Å². The summed E-state index contributed by atoms with van der Waals surface area (Å²) in [6.45, 7) is 5.60. The van der Waals surface area contributed by atoms with E-state index >= 15 is 0 Å². The van der Waals surface area contributed by atoms with Crippen LogP contribution in [0.1, 0.15) is 25.5 Å². The molecule has 2 heterocycles. The highest BCUT2D eigenvalue weighted by Crippen LogP contribution is 2.34. The zero-order valence-electron chi connectivity index (χ0n) is 10.5. The molecule has 3 rings (SSSR count). The molecule has 0 radical (unpaired) electrons. The van der Waals surface area contributed by atoms with Gasteiger partial charge in [0.2, 0.25) is 0 Å². The Balaban J connectivity index is 1.64. The lowest BCUT2D eigenvalue weighted by molar-refractivity contribution is 0.124. The number of nitrogens with zero attached hydrogens (tertiary/aromatic N) is 2. The highest BCUT2D eigenvalue weighted by Gasteiger charge is 2.35. The molecule has 1 aliphatic heterocycles. The van der Waals surface area contributed by atoms with Crippen LogP contribution in [0.4, 0.5) is 0 Å². The molecule has 3 nitrogen and oxygen atoms in total. The molecule has 2 atom stereocenters. The van der Waals surface area contributed by atoms with Crippen LogP contribution in [0.2, 0.25) is 0 Å². The van der Waals surface area contributed by atoms with Crippen molar-refractivity contribution in [2.45, 2.75) is 38.4 Å². The second-order valence-electron chi connectivity index (χ2n) is 5.45. The molecular formula is C14H21N3. The molecule has 3 heteroatoms. The maximum absolute atomic E-state index is 4.43. The van der Waals surface area contributed by atoms with Crippen LogP contribution in [0.15, 0.2) is 24.4 Å². The van der Waals surface area contributed by atoms with Gasteiger partial charge < -0.3 is 5.32 Å². The van der Waals surface area contributed by atoms with Crippen LogP contribution < -0.4 is 5.32 Å². The van der Waals surface area contributed by atoms with Crippen molar-refractivity contribution in [3.63, 3.8) is 0 Å². The lowest BCUT2D eigenvalue weighted by Gasteiger charge is -2.38. The quantitative estimate of drug-likeness (QED) is 0.857. The third-order valence-corrected chi connectivity index (χ3v) is 4.01. The third-order valence-electron chi connectivity index (χ3n) is 4.01. The normalized spacial score (nSPS) is 30.4. The van der Waals surface area contributed by atoms with Crippen LogP contribution in [0.25, 0.3) is 0 Å². The van der Waals surface area contributed by atoms with Gasteiger partial charge in [0, 0.05) is 37.9 Å². The van der Waals surface area contributed by atoms with Gasteiger partial charge in [-0.25, -0.2) is 0 Å². The first-order chi connectivity index (χ1) is 8.33. The molecule has 1 N–H and O–H groups in total. The molecule has 2 fully saturated rings. The van der Waals surface area contributed by atoms with Gasteiger partial charge in [-0.2, -0.15) is 0 Å². The lowest BCUT2D eigenvalue weighted by Crippen LogP contribution is -2.55. The molecule has 17 heavy (non-hydrogen) atoms. The minimum absolute atomic E-state index is 0.618. The molecule has 2 aliphatic rings. The third kappa shape index (κ3) is 2.67. The Bertz CT molecular complexity index is 361. The van der Waals surface area contributed by atoms with E-state index in [9.17, 15) is 0 Å². The Kier molecular flexibility index (Phi) is 3.12. The van der Waals surface area contributed by atoms with Gasteiger partial charge in [-0.15, -0.1) is 0 Å². The lowest BCUT2D eigenvalue weighted by atomic mass is 10.1. The van der Waals surface area contributed by atoms with Gasteiger partial charge in [-0.1, -0.05) is 6.07 Å². The number of piperazine rings is 1. The van der Waals surface area contributed by atoms with Crippen LogP contribution in [-0.4, -0.2) is 35.1 Å². The zero-order valence-corrected chi connectivity index (χ0v) is 10.5. The minimum atomic E-state index is 0.618. The van der Waals surface area contributed by atoms with E-state index < -0.39 is 0 Å². The standard InChI is InChI=1S/C14H21N3/c1-11-8-16-14(12-5-6-12)10-17(11)9-13-4-2-3-7-15-13/h2-4,7,11-12,14,16H,5-6,8-10H2,1H3. The monoisotopic (exact) mass is 231 g/mol. The first-order valence-electron chi connectivity index (χ1n) is 6.70. The van der Waals surface area contributed by atoms with Gasteiger partial charge in [0.15, 0.2) is 0 Å². The largest absolute Gasteiger partial charge is 0.311 e. The first kappa shape index (κ1) is 11.2. The average molecular weight is 231 g/mol. The van der Waals surface area contributed by atoms with Crippen LogP contribution in [0.5, 0.6) is 0 Å². The molecule has 1 aliphatic carbocycles. The fourth-order valence-electron chi connectivity index (χ4n) is 2.68. The van der Waals surface area contributed by atoms with Crippen LogP contribution in [0.3, 0.4) is 0 Å². The number of pyridine rings is 1. The van der Waals surface area contributed by atoms with Crippen molar-refractivity contribution < 1.29 is 0 Å². The number of rotatable bonds is 3. The second-order valence-corrected chi connectivity index (χ2v) is 5.45. The number of nitrogens with one attached hydrogen (secondary N) is 1. The van der Waals surface area contributed by atoms with Gasteiger partial charge in [0.25, 0.3) is 0 Å². The predicted octanol–water partition coefficient (Wildman–Crippen LogP) is 1.65. The van der Waals surface area contributed by atoms with Crippen LogP contribution >= 0.6 is 0 Å².